The number of aryl methyl sites for hydroxylation is 2. The van der Waals surface area contributed by atoms with Crippen LogP contribution >= 0.6 is 11.3 Å². The third-order valence-corrected chi connectivity index (χ3v) is 5.26. The number of carbonyl (C=O) groups is 1. The second-order valence-corrected chi connectivity index (χ2v) is 7.05. The number of carbonyl (C=O) groups excluding carboxylic acids is 1. The van der Waals surface area contributed by atoms with E-state index in [0.29, 0.717) is 0 Å². The third kappa shape index (κ3) is 2.65. The van der Waals surface area contributed by atoms with E-state index in [1.54, 1.807) is 17.4 Å². The quantitative estimate of drug-likeness (QED) is 0.767. The van der Waals surface area contributed by atoms with Crippen LogP contribution in [-0.4, -0.2) is 20.3 Å². The maximum absolute atomic E-state index is 12.5. The van der Waals surface area contributed by atoms with Crippen molar-refractivity contribution >= 4 is 22.2 Å². The van der Waals surface area contributed by atoms with Crippen molar-refractivity contribution in [3.8, 4) is 0 Å². The number of hydrogen-bond acceptors (Lipinski definition) is 4. The Balaban J connectivity index is 1.57. The van der Waals surface area contributed by atoms with E-state index in [0.717, 1.165) is 47.6 Å². The first-order chi connectivity index (χ1) is 11.6. The van der Waals surface area contributed by atoms with Gasteiger partial charge in [-0.05, 0) is 44.2 Å². The van der Waals surface area contributed by atoms with Gasteiger partial charge in [-0.25, -0.2) is 4.98 Å². The molecular weight excluding hydrogens is 324 g/mol. The molecule has 6 nitrogen and oxygen atoms in total. The Labute approximate surface area is 142 Å². The molecule has 0 bridgehead atoms. The Morgan fingerprint density at radius 2 is 2.25 bits per heavy atom. The zero-order chi connectivity index (χ0) is 16.7. The summed E-state index contributed by atoms with van der Waals surface area (Å²) in [5, 5.41) is 4.84. The Hall–Kier alpha value is -2.41. The summed E-state index contributed by atoms with van der Waals surface area (Å²) in [5.41, 5.74) is 2.71. The molecule has 0 aliphatic heterocycles. The van der Waals surface area contributed by atoms with Gasteiger partial charge in [0.2, 0.25) is 0 Å². The number of thiazole rings is 1. The number of H-pyrrole nitrogens is 1. The van der Waals surface area contributed by atoms with Gasteiger partial charge in [0.15, 0.2) is 4.96 Å². The van der Waals surface area contributed by atoms with Gasteiger partial charge in [-0.3, -0.25) is 14.0 Å². The monoisotopic (exact) mass is 342 g/mol. The fourth-order valence-electron chi connectivity index (χ4n) is 3.15. The van der Waals surface area contributed by atoms with E-state index in [1.165, 1.54) is 0 Å². The number of fused-ring (bicyclic) bond motifs is 2. The van der Waals surface area contributed by atoms with Crippen LogP contribution in [0, 0.1) is 0 Å². The van der Waals surface area contributed by atoms with Crippen LogP contribution in [0.15, 0.2) is 28.6 Å². The molecule has 0 radical (unpaired) electrons. The van der Waals surface area contributed by atoms with Crippen molar-refractivity contribution in [2.45, 2.75) is 38.6 Å². The van der Waals surface area contributed by atoms with E-state index in [1.807, 2.05) is 29.1 Å². The van der Waals surface area contributed by atoms with E-state index >= 15 is 0 Å². The maximum Gasteiger partial charge on any atom is 0.261 e. The molecule has 0 spiro atoms. The fraction of sp³-hybridized carbons (Fsp3) is 0.353. The number of aromatic amines is 1. The molecule has 7 heteroatoms. The van der Waals surface area contributed by atoms with Crippen LogP contribution in [0.4, 0.5) is 0 Å². The molecule has 1 amide bonds. The van der Waals surface area contributed by atoms with Crippen molar-refractivity contribution in [3.63, 3.8) is 0 Å². The van der Waals surface area contributed by atoms with Gasteiger partial charge in [-0.1, -0.05) is 0 Å². The number of imidazole rings is 1. The first kappa shape index (κ1) is 15.1. The Kier molecular flexibility index (Phi) is 3.72. The van der Waals surface area contributed by atoms with E-state index in [9.17, 15) is 9.59 Å². The molecule has 3 heterocycles. The maximum atomic E-state index is 12.5. The summed E-state index contributed by atoms with van der Waals surface area (Å²) in [4.78, 5) is 33.0. The number of nitrogens with zero attached hydrogens (tertiary/aromatic N) is 2. The second-order valence-electron chi connectivity index (χ2n) is 6.18. The summed E-state index contributed by atoms with van der Waals surface area (Å²) >= 11 is 1.54. The van der Waals surface area contributed by atoms with Crippen LogP contribution in [0.25, 0.3) is 4.96 Å². The molecule has 124 valence electrons. The van der Waals surface area contributed by atoms with E-state index in [-0.39, 0.29) is 23.1 Å². The van der Waals surface area contributed by atoms with Crippen molar-refractivity contribution in [2.24, 2.45) is 0 Å². The lowest BCUT2D eigenvalue weighted by Gasteiger charge is -2.17. The number of pyridine rings is 1. The minimum absolute atomic E-state index is 0.184. The minimum Gasteiger partial charge on any atom is -0.344 e. The normalized spacial score (nSPS) is 15.2. The predicted octanol–water partition coefficient (Wildman–Crippen LogP) is 2.45. The summed E-state index contributed by atoms with van der Waals surface area (Å²) in [6.45, 7) is 1.87. The Bertz CT molecular complexity index is 940. The van der Waals surface area contributed by atoms with Crippen molar-refractivity contribution in [3.05, 3.63) is 56.7 Å². The first-order valence-electron chi connectivity index (χ1n) is 8.10. The van der Waals surface area contributed by atoms with Gasteiger partial charge in [-0.2, -0.15) is 0 Å². The second kappa shape index (κ2) is 5.90. The van der Waals surface area contributed by atoms with Gasteiger partial charge in [-0.15, -0.1) is 11.3 Å². The molecule has 0 aromatic carbocycles. The molecule has 1 aliphatic carbocycles. The lowest BCUT2D eigenvalue weighted by molar-refractivity contribution is 0.0937. The third-order valence-electron chi connectivity index (χ3n) is 4.49. The van der Waals surface area contributed by atoms with Crippen molar-refractivity contribution in [1.82, 2.24) is 19.7 Å². The summed E-state index contributed by atoms with van der Waals surface area (Å²) in [7, 11) is 0. The average Bonchev–Trinajstić information content (AvgIpc) is 3.15. The van der Waals surface area contributed by atoms with E-state index < -0.39 is 0 Å². The number of amides is 1. The largest absolute Gasteiger partial charge is 0.344 e. The van der Waals surface area contributed by atoms with Gasteiger partial charge in [0, 0.05) is 23.5 Å². The fourth-order valence-corrected chi connectivity index (χ4v) is 3.85. The number of aromatic nitrogens is 3. The Morgan fingerprint density at radius 1 is 1.42 bits per heavy atom. The van der Waals surface area contributed by atoms with Crippen LogP contribution in [-0.2, 0) is 12.8 Å². The summed E-state index contributed by atoms with van der Waals surface area (Å²) < 4.78 is 1.92. The molecule has 3 aromatic heterocycles. The summed E-state index contributed by atoms with van der Waals surface area (Å²) in [6.07, 6.45) is 7.81. The SMILES string of the molecule is C[C@H](NC(=O)c1cc2c([nH]c1=O)CCCC2)c1cn2ccsc2n1. The highest BCUT2D eigenvalue weighted by Gasteiger charge is 2.20. The molecule has 0 saturated carbocycles. The number of hydrogen-bond donors (Lipinski definition) is 2. The summed E-state index contributed by atoms with van der Waals surface area (Å²) in [6, 6.07) is 1.49. The van der Waals surface area contributed by atoms with Crippen LogP contribution in [0.1, 0.15) is 53.1 Å². The lowest BCUT2D eigenvalue weighted by Crippen LogP contribution is -2.32. The topological polar surface area (TPSA) is 79.3 Å². The van der Waals surface area contributed by atoms with Crippen LogP contribution in [0.5, 0.6) is 0 Å². The van der Waals surface area contributed by atoms with Crippen molar-refractivity contribution < 1.29 is 4.79 Å². The Morgan fingerprint density at radius 3 is 3.08 bits per heavy atom. The minimum atomic E-state index is -0.353. The molecule has 1 aliphatic rings. The number of nitrogens with one attached hydrogen (secondary N) is 2. The molecule has 4 rings (SSSR count). The molecule has 0 unspecified atom stereocenters. The lowest BCUT2D eigenvalue weighted by atomic mass is 9.95. The molecule has 0 fully saturated rings. The van der Waals surface area contributed by atoms with Crippen molar-refractivity contribution in [2.75, 3.05) is 0 Å². The van der Waals surface area contributed by atoms with Crippen molar-refractivity contribution in [1.29, 1.82) is 0 Å². The predicted molar refractivity (Wildman–Crippen MR) is 92.7 cm³/mol. The number of rotatable bonds is 3. The highest BCUT2D eigenvalue weighted by atomic mass is 32.1. The molecular formula is C17H18N4O2S. The highest BCUT2D eigenvalue weighted by Crippen LogP contribution is 2.20. The van der Waals surface area contributed by atoms with Gasteiger partial charge < -0.3 is 10.3 Å². The zero-order valence-corrected chi connectivity index (χ0v) is 14.2. The molecule has 3 aromatic rings. The van der Waals surface area contributed by atoms with E-state index in [4.69, 9.17) is 0 Å². The molecule has 0 saturated heterocycles. The molecule has 2 N–H and O–H groups in total. The standard InChI is InChI=1S/C17H18N4O2S/c1-10(14-9-21-6-7-24-17(21)20-14)18-15(22)12-8-11-4-2-3-5-13(11)19-16(12)23/h6-10H,2-5H2,1H3,(H,18,22)(H,19,23)/t10-/m0/s1. The smallest absolute Gasteiger partial charge is 0.261 e. The van der Waals surface area contributed by atoms with Gasteiger partial charge in [0.05, 0.1) is 11.7 Å². The van der Waals surface area contributed by atoms with Crippen LogP contribution < -0.4 is 10.9 Å². The zero-order valence-electron chi connectivity index (χ0n) is 13.3. The van der Waals surface area contributed by atoms with Gasteiger partial charge >= 0.3 is 0 Å². The first-order valence-corrected chi connectivity index (χ1v) is 8.98. The molecule has 1 atom stereocenters. The van der Waals surface area contributed by atoms with Gasteiger partial charge in [0.1, 0.15) is 5.56 Å². The van der Waals surface area contributed by atoms with Crippen LogP contribution in [0.3, 0.4) is 0 Å². The van der Waals surface area contributed by atoms with Gasteiger partial charge in [0.25, 0.3) is 11.5 Å². The highest BCUT2D eigenvalue weighted by molar-refractivity contribution is 7.15. The van der Waals surface area contributed by atoms with E-state index in [2.05, 4.69) is 15.3 Å². The molecule has 24 heavy (non-hydrogen) atoms. The summed E-state index contributed by atoms with van der Waals surface area (Å²) in [5.74, 6) is -0.353. The average molecular weight is 342 g/mol. The van der Waals surface area contributed by atoms with Crippen LogP contribution in [0.2, 0.25) is 0 Å².